The number of nitrogens with zero attached hydrogens (tertiary/aromatic N) is 2. The third-order valence-corrected chi connectivity index (χ3v) is 6.58. The van der Waals surface area contributed by atoms with Crippen LogP contribution in [-0.2, 0) is 6.54 Å². The summed E-state index contributed by atoms with van der Waals surface area (Å²) in [5.41, 5.74) is 4.67. The number of aromatic nitrogens is 2. The van der Waals surface area contributed by atoms with E-state index in [1.165, 1.54) is 12.1 Å². The van der Waals surface area contributed by atoms with Crippen molar-refractivity contribution < 1.29 is 13.9 Å². The van der Waals surface area contributed by atoms with Gasteiger partial charge in [0.05, 0.1) is 28.0 Å². The highest BCUT2D eigenvalue weighted by Crippen LogP contribution is 2.36. The smallest absolute Gasteiger partial charge is 0.389 e. The highest BCUT2D eigenvalue weighted by atomic mass is 35.5. The summed E-state index contributed by atoms with van der Waals surface area (Å²) >= 11 is 12.7. The topological polar surface area (TPSA) is 68.2 Å². The maximum absolute atomic E-state index is 13.5. The molecule has 2 heterocycles. The maximum Gasteiger partial charge on any atom is 0.414 e. The molecule has 1 atom stereocenters. The lowest BCUT2D eigenvalue weighted by Gasteiger charge is -2.20. The standard InChI is InChI=1S/C28H23Cl2FN4O2/c1-17(19-5-3-2-4-6-19)33-28(36)37-27-23-16-32-15-20(13-18-7-10-22(31)11-8-18)26(23)35(34-27)25-12-9-21(29)14-24(25)30/h2-14,17,32H,15-16H2,1H3,(H,33,36)/b20-13+/t17-/m1/s1. The molecule has 6 nitrogen and oxygen atoms in total. The molecule has 0 aliphatic carbocycles. The Morgan fingerprint density at radius 2 is 1.86 bits per heavy atom. The molecule has 0 fully saturated rings. The first kappa shape index (κ1) is 25.0. The second kappa shape index (κ2) is 10.8. The predicted octanol–water partition coefficient (Wildman–Crippen LogP) is 6.81. The van der Waals surface area contributed by atoms with Crippen LogP contribution in [0.5, 0.6) is 5.88 Å². The summed E-state index contributed by atoms with van der Waals surface area (Å²) in [4.78, 5) is 12.8. The third-order valence-electron chi connectivity index (χ3n) is 6.04. The van der Waals surface area contributed by atoms with E-state index in [0.29, 0.717) is 34.4 Å². The molecule has 1 aliphatic rings. The van der Waals surface area contributed by atoms with Gasteiger partial charge in [-0.25, -0.2) is 13.9 Å². The number of fused-ring (bicyclic) bond motifs is 1. The number of carbonyl (C=O) groups is 1. The van der Waals surface area contributed by atoms with Gasteiger partial charge in [0, 0.05) is 18.1 Å². The van der Waals surface area contributed by atoms with E-state index in [4.69, 9.17) is 27.9 Å². The molecule has 0 saturated heterocycles. The van der Waals surface area contributed by atoms with Gasteiger partial charge in [0.2, 0.25) is 5.88 Å². The SMILES string of the molecule is C[C@@H](NC(=O)Oc1nn(-c2ccc(Cl)cc2Cl)c2c1CNC/C2=C\c1ccc(F)cc1)c1ccccc1. The first-order valence-electron chi connectivity index (χ1n) is 11.7. The Labute approximate surface area is 223 Å². The monoisotopic (exact) mass is 536 g/mol. The molecule has 37 heavy (non-hydrogen) atoms. The molecule has 188 valence electrons. The van der Waals surface area contributed by atoms with Crippen molar-refractivity contribution in [2.75, 3.05) is 6.54 Å². The van der Waals surface area contributed by atoms with Crippen molar-refractivity contribution in [3.63, 3.8) is 0 Å². The van der Waals surface area contributed by atoms with Crippen molar-refractivity contribution >= 4 is 40.9 Å². The van der Waals surface area contributed by atoms with Crippen LogP contribution in [0.15, 0.2) is 72.8 Å². The molecular formula is C28H23Cl2FN4O2. The Morgan fingerprint density at radius 3 is 2.59 bits per heavy atom. The Bertz CT molecular complexity index is 1470. The number of benzene rings is 3. The second-order valence-corrected chi connectivity index (χ2v) is 9.47. The lowest BCUT2D eigenvalue weighted by Crippen LogP contribution is -2.30. The van der Waals surface area contributed by atoms with Gasteiger partial charge in [-0.2, -0.15) is 0 Å². The highest BCUT2D eigenvalue weighted by Gasteiger charge is 2.28. The van der Waals surface area contributed by atoms with Crippen LogP contribution in [0, 0.1) is 5.82 Å². The van der Waals surface area contributed by atoms with Gasteiger partial charge in [0.1, 0.15) is 5.82 Å². The number of carbonyl (C=O) groups excluding carboxylic acids is 1. The summed E-state index contributed by atoms with van der Waals surface area (Å²) in [6.07, 6.45) is 1.31. The van der Waals surface area contributed by atoms with Crippen LogP contribution in [0.1, 0.15) is 35.3 Å². The molecule has 0 unspecified atom stereocenters. The van der Waals surface area contributed by atoms with Crippen LogP contribution >= 0.6 is 23.2 Å². The van der Waals surface area contributed by atoms with E-state index in [9.17, 15) is 9.18 Å². The van der Waals surface area contributed by atoms with E-state index in [2.05, 4.69) is 15.7 Å². The largest absolute Gasteiger partial charge is 0.414 e. The zero-order chi connectivity index (χ0) is 25.9. The van der Waals surface area contributed by atoms with E-state index in [0.717, 1.165) is 22.4 Å². The van der Waals surface area contributed by atoms with Gasteiger partial charge in [-0.1, -0.05) is 65.7 Å². The van der Waals surface area contributed by atoms with E-state index in [1.807, 2.05) is 43.3 Å². The summed E-state index contributed by atoms with van der Waals surface area (Å²) in [6, 6.07) is 20.7. The number of ether oxygens (including phenoxy) is 1. The molecule has 0 spiro atoms. The van der Waals surface area contributed by atoms with Crippen LogP contribution < -0.4 is 15.4 Å². The highest BCUT2D eigenvalue weighted by molar-refractivity contribution is 6.35. The van der Waals surface area contributed by atoms with Gasteiger partial charge in [0.15, 0.2) is 0 Å². The van der Waals surface area contributed by atoms with Crippen LogP contribution in [-0.4, -0.2) is 22.4 Å². The summed E-state index contributed by atoms with van der Waals surface area (Å²) in [5, 5.41) is 11.7. The number of hydrogen-bond donors (Lipinski definition) is 2. The van der Waals surface area contributed by atoms with Gasteiger partial charge in [0.25, 0.3) is 0 Å². The second-order valence-electron chi connectivity index (χ2n) is 8.63. The van der Waals surface area contributed by atoms with E-state index < -0.39 is 6.09 Å². The quantitative estimate of drug-likeness (QED) is 0.294. The molecule has 0 radical (unpaired) electrons. The lowest BCUT2D eigenvalue weighted by atomic mass is 10.0. The van der Waals surface area contributed by atoms with Crippen LogP contribution in [0.4, 0.5) is 9.18 Å². The molecule has 1 aromatic heterocycles. The molecule has 0 bridgehead atoms. The number of rotatable bonds is 5. The molecule has 3 aromatic carbocycles. The normalized spacial score (nSPS) is 14.8. The van der Waals surface area contributed by atoms with Gasteiger partial charge in [-0.15, -0.1) is 5.10 Å². The molecule has 1 aliphatic heterocycles. The van der Waals surface area contributed by atoms with Crippen molar-refractivity contribution in [3.05, 3.63) is 111 Å². The van der Waals surface area contributed by atoms with Crippen molar-refractivity contribution in [2.24, 2.45) is 0 Å². The summed E-state index contributed by atoms with van der Waals surface area (Å²) in [6.45, 7) is 2.83. The van der Waals surface area contributed by atoms with Gasteiger partial charge >= 0.3 is 6.09 Å². The Balaban J connectivity index is 1.54. The average Bonchev–Trinajstić information content (AvgIpc) is 3.24. The van der Waals surface area contributed by atoms with E-state index >= 15 is 0 Å². The zero-order valence-electron chi connectivity index (χ0n) is 19.8. The zero-order valence-corrected chi connectivity index (χ0v) is 21.4. The van der Waals surface area contributed by atoms with Crippen molar-refractivity contribution in [1.82, 2.24) is 20.4 Å². The first-order valence-corrected chi connectivity index (χ1v) is 12.4. The van der Waals surface area contributed by atoms with E-state index in [1.54, 1.807) is 35.0 Å². The average molecular weight is 537 g/mol. The fraction of sp³-hybridized carbons (Fsp3) is 0.143. The van der Waals surface area contributed by atoms with Crippen molar-refractivity contribution in [3.8, 4) is 11.6 Å². The van der Waals surface area contributed by atoms with Gasteiger partial charge in [-0.05, 0) is 60.0 Å². The molecule has 9 heteroatoms. The van der Waals surface area contributed by atoms with E-state index in [-0.39, 0.29) is 17.7 Å². The summed E-state index contributed by atoms with van der Waals surface area (Å²) in [7, 11) is 0. The van der Waals surface area contributed by atoms with Crippen LogP contribution in [0.3, 0.4) is 0 Å². The molecule has 4 aromatic rings. The summed E-state index contributed by atoms with van der Waals surface area (Å²) in [5.74, 6) is -0.148. The third kappa shape index (κ3) is 5.54. The van der Waals surface area contributed by atoms with Crippen LogP contribution in [0.2, 0.25) is 10.0 Å². The molecule has 2 N–H and O–H groups in total. The molecule has 5 rings (SSSR count). The number of amides is 1. The predicted molar refractivity (Wildman–Crippen MR) is 144 cm³/mol. The molecule has 0 saturated carbocycles. The lowest BCUT2D eigenvalue weighted by molar-refractivity contribution is 0.194. The Kier molecular flexibility index (Phi) is 7.28. The number of hydrogen-bond acceptors (Lipinski definition) is 4. The summed E-state index contributed by atoms with van der Waals surface area (Å²) < 4.78 is 20.8. The Morgan fingerprint density at radius 1 is 1.11 bits per heavy atom. The van der Waals surface area contributed by atoms with Gasteiger partial charge < -0.3 is 15.4 Å². The van der Waals surface area contributed by atoms with Crippen LogP contribution in [0.25, 0.3) is 17.3 Å². The van der Waals surface area contributed by atoms with Crippen molar-refractivity contribution in [2.45, 2.75) is 19.5 Å². The number of nitrogens with one attached hydrogen (secondary N) is 2. The first-order chi connectivity index (χ1) is 17.9. The molecular weight excluding hydrogens is 514 g/mol. The minimum absolute atomic E-state index is 0.163. The van der Waals surface area contributed by atoms with Crippen molar-refractivity contribution in [1.29, 1.82) is 0 Å². The van der Waals surface area contributed by atoms with Gasteiger partial charge in [-0.3, -0.25) is 0 Å². The fourth-order valence-corrected chi connectivity index (χ4v) is 4.72. The fourth-order valence-electron chi connectivity index (χ4n) is 4.23. The molecule has 1 amide bonds. The Hall–Kier alpha value is -3.65. The number of halogens is 3. The minimum atomic E-state index is -0.624. The maximum atomic E-state index is 13.5. The minimum Gasteiger partial charge on any atom is -0.389 e.